The molecule has 48 heavy (non-hydrogen) atoms. The lowest BCUT2D eigenvalue weighted by atomic mass is 9.96. The molecule has 2 saturated heterocycles. The van der Waals surface area contributed by atoms with Gasteiger partial charge in [-0.1, -0.05) is 36.4 Å². The molecule has 4 heterocycles. The molecule has 3 aliphatic rings. The van der Waals surface area contributed by atoms with E-state index in [1.807, 2.05) is 37.3 Å². The minimum absolute atomic E-state index is 0.226. The maximum absolute atomic E-state index is 14.7. The number of nitrogens with one attached hydrogen (secondary N) is 1. The molecule has 1 saturated carbocycles. The van der Waals surface area contributed by atoms with E-state index in [9.17, 15) is 9.36 Å². The Balaban J connectivity index is 1.20. The highest BCUT2D eigenvalue weighted by Gasteiger charge is 2.67. The first-order valence-electron chi connectivity index (χ1n) is 16.2. The number of carbonyl (C=O) groups is 1. The summed E-state index contributed by atoms with van der Waals surface area (Å²) in [6.07, 6.45) is 4.23. The molecule has 14 nitrogen and oxygen atoms in total. The van der Waals surface area contributed by atoms with Gasteiger partial charge in [0.05, 0.1) is 12.9 Å². The second-order valence-corrected chi connectivity index (χ2v) is 15.5. The molecule has 2 unspecified atom stereocenters. The van der Waals surface area contributed by atoms with E-state index in [0.29, 0.717) is 16.9 Å². The third-order valence-corrected chi connectivity index (χ3v) is 10.6. The molecular weight excluding hydrogens is 639 g/mol. The lowest BCUT2D eigenvalue weighted by Crippen LogP contribution is -2.42. The molecule has 0 amide bonds. The van der Waals surface area contributed by atoms with Gasteiger partial charge in [-0.25, -0.2) is 19.5 Å². The van der Waals surface area contributed by atoms with Crippen molar-refractivity contribution in [3.05, 3.63) is 55.1 Å². The SMILES string of the molecule is C[C@H](NP(=O)(OC[C@H]1O[C@@H](n2cnc3c(N)ncnc32)C2(C)OC3(CCCC3)O[C@@H]12)Oc1cccc2ccccc12)C(=O)OC(C)(C)C. The van der Waals surface area contributed by atoms with Crippen molar-refractivity contribution < 1.29 is 37.4 Å². The highest BCUT2D eigenvalue weighted by Crippen LogP contribution is 2.56. The smallest absolute Gasteiger partial charge is 0.459 e. The quantitative estimate of drug-likeness (QED) is 0.170. The van der Waals surface area contributed by atoms with Crippen molar-refractivity contribution in [3.63, 3.8) is 0 Å². The molecule has 2 aliphatic heterocycles. The zero-order valence-corrected chi connectivity index (χ0v) is 28.5. The molecule has 4 aromatic rings. The number of nitrogens with two attached hydrogens (primary N) is 1. The molecular formula is C33H41N6O8P. The second-order valence-electron chi connectivity index (χ2n) is 13.8. The first-order valence-corrected chi connectivity index (χ1v) is 17.7. The van der Waals surface area contributed by atoms with E-state index in [0.717, 1.165) is 36.5 Å². The van der Waals surface area contributed by atoms with Crippen LogP contribution in [-0.2, 0) is 32.8 Å². The van der Waals surface area contributed by atoms with Crippen LogP contribution in [0.2, 0.25) is 0 Å². The molecule has 6 atom stereocenters. The van der Waals surface area contributed by atoms with Gasteiger partial charge in [-0.2, -0.15) is 5.09 Å². The van der Waals surface area contributed by atoms with Crippen molar-refractivity contribution >= 4 is 41.5 Å². The van der Waals surface area contributed by atoms with Gasteiger partial charge in [-0.3, -0.25) is 13.9 Å². The Hall–Kier alpha value is -3.65. The van der Waals surface area contributed by atoms with E-state index in [2.05, 4.69) is 20.0 Å². The molecule has 0 radical (unpaired) electrons. The number of anilines is 1. The summed E-state index contributed by atoms with van der Waals surface area (Å²) in [4.78, 5) is 25.9. The number of fused-ring (bicyclic) bond motifs is 3. The number of nitrogen functional groups attached to an aromatic ring is 1. The molecule has 7 rings (SSSR count). The van der Waals surface area contributed by atoms with Gasteiger partial charge in [0.25, 0.3) is 0 Å². The number of rotatable bonds is 9. The van der Waals surface area contributed by atoms with E-state index < -0.39 is 55.2 Å². The molecule has 3 fully saturated rings. The Bertz CT molecular complexity index is 1890. The molecule has 15 heteroatoms. The van der Waals surface area contributed by atoms with Crippen LogP contribution in [0.15, 0.2) is 55.1 Å². The highest BCUT2D eigenvalue weighted by molar-refractivity contribution is 7.52. The van der Waals surface area contributed by atoms with Crippen molar-refractivity contribution in [2.24, 2.45) is 0 Å². The Kier molecular flexibility index (Phi) is 8.25. The summed E-state index contributed by atoms with van der Waals surface area (Å²) in [5, 5.41) is 4.41. The fourth-order valence-electron chi connectivity index (χ4n) is 6.83. The first-order chi connectivity index (χ1) is 22.8. The lowest BCUT2D eigenvalue weighted by Gasteiger charge is -2.31. The highest BCUT2D eigenvalue weighted by atomic mass is 31.2. The standard InChI is InChI=1S/C33H41N6O8P/c1-20(29(40)45-31(2,3)4)38-48(41,46-23-14-10-12-21-11-6-7-13-22(21)23)42-17-24-26-32(5,47-33(44-26)15-8-9-16-33)30(43-24)39-19-37-25-27(34)35-18-36-28(25)39/h6-7,10-14,18-20,24,26,30H,8-9,15-17H2,1-5H3,(H,38,41)(H2,34,35,36)/t20-,24+,26-,30+,32?,48?/m0/s1. The molecule has 2 aromatic carbocycles. The normalized spacial score (nSPS) is 26.9. The lowest BCUT2D eigenvalue weighted by molar-refractivity contribution is -0.231. The summed E-state index contributed by atoms with van der Waals surface area (Å²) in [7, 11) is -4.27. The van der Waals surface area contributed by atoms with Crippen LogP contribution in [0.1, 0.15) is 66.5 Å². The number of ether oxygens (including phenoxy) is 4. The van der Waals surface area contributed by atoms with Gasteiger partial charge in [-0.05, 0) is 58.9 Å². The third kappa shape index (κ3) is 6.06. The molecule has 3 N–H and O–H groups in total. The third-order valence-electron chi connectivity index (χ3n) is 8.94. The fourth-order valence-corrected chi connectivity index (χ4v) is 8.35. The van der Waals surface area contributed by atoms with Gasteiger partial charge in [0, 0.05) is 18.2 Å². The molecule has 1 aliphatic carbocycles. The van der Waals surface area contributed by atoms with Crippen LogP contribution in [0.3, 0.4) is 0 Å². The topological polar surface area (TPSA) is 171 Å². The second kappa shape index (κ2) is 12.0. The molecule has 1 spiro atoms. The maximum atomic E-state index is 14.7. The van der Waals surface area contributed by atoms with Gasteiger partial charge >= 0.3 is 13.7 Å². The number of imidazole rings is 1. The van der Waals surface area contributed by atoms with E-state index in [-0.39, 0.29) is 12.4 Å². The van der Waals surface area contributed by atoms with Crippen molar-refractivity contribution in [1.82, 2.24) is 24.6 Å². The van der Waals surface area contributed by atoms with Crippen molar-refractivity contribution in [2.75, 3.05) is 12.3 Å². The monoisotopic (exact) mass is 680 g/mol. The summed E-state index contributed by atoms with van der Waals surface area (Å²) in [5.74, 6) is -0.827. The predicted octanol–water partition coefficient (Wildman–Crippen LogP) is 5.43. The number of benzene rings is 2. The fraction of sp³-hybridized carbons (Fsp3) is 0.515. The number of carbonyl (C=O) groups excluding carboxylic acids is 1. The average Bonchev–Trinajstić information content (AvgIpc) is 3.79. The first kappa shape index (κ1) is 32.9. The number of nitrogens with zero attached hydrogens (tertiary/aromatic N) is 4. The average molecular weight is 681 g/mol. The Morgan fingerprint density at radius 3 is 2.67 bits per heavy atom. The maximum Gasteiger partial charge on any atom is 0.459 e. The van der Waals surface area contributed by atoms with Gasteiger partial charge in [0.1, 0.15) is 47.0 Å². The minimum Gasteiger partial charge on any atom is -0.459 e. The number of hydrogen-bond donors (Lipinski definition) is 2. The van der Waals surface area contributed by atoms with E-state index in [1.54, 1.807) is 50.7 Å². The number of esters is 1. The van der Waals surface area contributed by atoms with Crippen LogP contribution in [0, 0.1) is 0 Å². The summed E-state index contributed by atoms with van der Waals surface area (Å²) in [5.41, 5.74) is 5.25. The van der Waals surface area contributed by atoms with E-state index in [1.165, 1.54) is 6.33 Å². The van der Waals surface area contributed by atoms with Crippen LogP contribution in [-0.4, -0.2) is 67.3 Å². The zero-order chi connectivity index (χ0) is 33.9. The van der Waals surface area contributed by atoms with Crippen LogP contribution < -0.4 is 15.3 Å². The number of aromatic nitrogens is 4. The van der Waals surface area contributed by atoms with Crippen LogP contribution in [0.4, 0.5) is 5.82 Å². The van der Waals surface area contributed by atoms with Crippen LogP contribution in [0.25, 0.3) is 21.9 Å². The Morgan fingerprint density at radius 1 is 1.15 bits per heavy atom. The van der Waals surface area contributed by atoms with E-state index >= 15 is 0 Å². The minimum atomic E-state index is -4.27. The summed E-state index contributed by atoms with van der Waals surface area (Å²) in [6, 6.07) is 11.9. The van der Waals surface area contributed by atoms with Crippen molar-refractivity contribution in [3.8, 4) is 5.75 Å². The van der Waals surface area contributed by atoms with Crippen molar-refractivity contribution in [1.29, 1.82) is 0 Å². The predicted molar refractivity (Wildman–Crippen MR) is 176 cm³/mol. The van der Waals surface area contributed by atoms with Gasteiger partial charge in [0.2, 0.25) is 0 Å². The summed E-state index contributed by atoms with van der Waals surface area (Å²) < 4.78 is 54.4. The molecule has 0 bridgehead atoms. The Morgan fingerprint density at radius 2 is 1.90 bits per heavy atom. The largest absolute Gasteiger partial charge is 0.459 e. The van der Waals surface area contributed by atoms with Gasteiger partial charge in [-0.15, -0.1) is 0 Å². The molecule has 256 valence electrons. The zero-order valence-electron chi connectivity index (χ0n) is 27.6. The number of hydrogen-bond acceptors (Lipinski definition) is 12. The van der Waals surface area contributed by atoms with Crippen LogP contribution in [0.5, 0.6) is 5.75 Å². The van der Waals surface area contributed by atoms with Crippen LogP contribution >= 0.6 is 7.75 Å². The van der Waals surface area contributed by atoms with Crippen molar-refractivity contribution in [2.45, 2.75) is 102 Å². The Labute approximate surface area is 278 Å². The van der Waals surface area contributed by atoms with Gasteiger partial charge < -0.3 is 29.2 Å². The van der Waals surface area contributed by atoms with Gasteiger partial charge in [0.15, 0.2) is 23.5 Å². The van der Waals surface area contributed by atoms with E-state index in [4.69, 9.17) is 33.7 Å². The summed E-state index contributed by atoms with van der Waals surface area (Å²) in [6.45, 7) is 8.53. The molecule has 2 aromatic heterocycles. The summed E-state index contributed by atoms with van der Waals surface area (Å²) >= 11 is 0.